The van der Waals surface area contributed by atoms with E-state index in [0.29, 0.717) is 16.9 Å². The van der Waals surface area contributed by atoms with E-state index in [-0.39, 0.29) is 4.83 Å². The zero-order chi connectivity index (χ0) is 13.8. The molecule has 19 heavy (non-hydrogen) atoms. The summed E-state index contributed by atoms with van der Waals surface area (Å²) in [5, 5.41) is 11.1. The Bertz CT molecular complexity index is 704. The normalized spacial score (nSPS) is 24.8. The first-order chi connectivity index (χ1) is 8.88. The van der Waals surface area contributed by atoms with Gasteiger partial charge in [0.2, 0.25) is 0 Å². The molecule has 1 aliphatic heterocycles. The van der Waals surface area contributed by atoms with Gasteiger partial charge in [-0.3, -0.25) is 0 Å². The molecule has 0 saturated carbocycles. The molecule has 0 fully saturated rings. The molecule has 1 aromatic heterocycles. The lowest BCUT2D eigenvalue weighted by atomic mass is 9.91. The monoisotopic (exact) mass is 324 g/mol. The van der Waals surface area contributed by atoms with E-state index in [1.165, 1.54) is 6.07 Å². The van der Waals surface area contributed by atoms with Crippen LogP contribution in [0.5, 0.6) is 5.75 Å². The van der Waals surface area contributed by atoms with Crippen LogP contribution in [0.2, 0.25) is 0 Å². The van der Waals surface area contributed by atoms with Crippen molar-refractivity contribution in [3.05, 3.63) is 40.2 Å². The molecular formula is C14H13BrO4. The molecule has 1 N–H and O–H groups in total. The molecule has 0 saturated heterocycles. The number of aliphatic hydroxyl groups excluding tert-OH is 1. The molecule has 1 aromatic carbocycles. The number of benzene rings is 1. The Morgan fingerprint density at radius 2 is 2.05 bits per heavy atom. The summed E-state index contributed by atoms with van der Waals surface area (Å²) in [6, 6.07) is 6.50. The van der Waals surface area contributed by atoms with Gasteiger partial charge < -0.3 is 14.3 Å². The highest BCUT2D eigenvalue weighted by Crippen LogP contribution is 2.44. The van der Waals surface area contributed by atoms with Crippen LogP contribution in [-0.4, -0.2) is 15.5 Å². The maximum atomic E-state index is 11.2. The van der Waals surface area contributed by atoms with Gasteiger partial charge in [-0.1, -0.05) is 15.9 Å². The fourth-order valence-electron chi connectivity index (χ4n) is 2.31. The van der Waals surface area contributed by atoms with E-state index in [2.05, 4.69) is 15.9 Å². The van der Waals surface area contributed by atoms with Crippen LogP contribution in [0.25, 0.3) is 11.0 Å². The predicted molar refractivity (Wildman–Crippen MR) is 74.9 cm³/mol. The topological polar surface area (TPSA) is 59.7 Å². The molecule has 100 valence electrons. The SMILES string of the molecule is CC1(C)Oc2cc3oc(=O)ccc3cc2[C@@H](O)[C@@H]1Br. The largest absolute Gasteiger partial charge is 0.486 e. The van der Waals surface area contributed by atoms with Gasteiger partial charge in [0.05, 0.1) is 10.9 Å². The van der Waals surface area contributed by atoms with Gasteiger partial charge in [0.15, 0.2) is 0 Å². The van der Waals surface area contributed by atoms with Crippen molar-refractivity contribution in [2.75, 3.05) is 0 Å². The second-order valence-electron chi connectivity index (χ2n) is 5.23. The molecule has 2 atom stereocenters. The van der Waals surface area contributed by atoms with Gasteiger partial charge in [-0.15, -0.1) is 0 Å². The molecule has 0 amide bonds. The Morgan fingerprint density at radius 1 is 1.32 bits per heavy atom. The fourth-order valence-corrected chi connectivity index (χ4v) is 2.69. The van der Waals surface area contributed by atoms with Crippen LogP contribution >= 0.6 is 15.9 Å². The molecule has 1 aliphatic rings. The third-order valence-corrected chi connectivity index (χ3v) is 4.99. The van der Waals surface area contributed by atoms with E-state index in [4.69, 9.17) is 9.15 Å². The summed E-state index contributed by atoms with van der Waals surface area (Å²) in [4.78, 5) is 11.0. The van der Waals surface area contributed by atoms with Crippen molar-refractivity contribution in [1.29, 1.82) is 0 Å². The van der Waals surface area contributed by atoms with Crippen molar-refractivity contribution in [3.8, 4) is 5.75 Å². The van der Waals surface area contributed by atoms with Crippen molar-refractivity contribution in [1.82, 2.24) is 0 Å². The van der Waals surface area contributed by atoms with Crippen LogP contribution in [0.1, 0.15) is 25.5 Å². The Balaban J connectivity index is 2.25. The zero-order valence-corrected chi connectivity index (χ0v) is 12.1. The minimum atomic E-state index is -0.671. The second-order valence-corrected chi connectivity index (χ2v) is 6.22. The lowest BCUT2D eigenvalue weighted by Gasteiger charge is -2.40. The van der Waals surface area contributed by atoms with E-state index in [9.17, 15) is 9.90 Å². The molecule has 5 heteroatoms. The number of rotatable bonds is 0. The molecule has 0 bridgehead atoms. The number of hydrogen-bond donors (Lipinski definition) is 1. The van der Waals surface area contributed by atoms with Crippen molar-refractivity contribution in [3.63, 3.8) is 0 Å². The molecule has 2 aromatic rings. The number of aliphatic hydroxyl groups is 1. The van der Waals surface area contributed by atoms with Gasteiger partial charge in [-0.05, 0) is 26.0 Å². The highest BCUT2D eigenvalue weighted by Gasteiger charge is 2.41. The highest BCUT2D eigenvalue weighted by atomic mass is 79.9. The minimum absolute atomic E-state index is 0.208. The molecule has 3 rings (SSSR count). The second kappa shape index (κ2) is 4.08. The zero-order valence-electron chi connectivity index (χ0n) is 10.5. The van der Waals surface area contributed by atoms with Crippen LogP contribution in [-0.2, 0) is 0 Å². The van der Waals surface area contributed by atoms with Crippen LogP contribution in [0.15, 0.2) is 33.5 Å². The number of fused-ring (bicyclic) bond motifs is 2. The third kappa shape index (κ3) is 1.97. The molecular weight excluding hydrogens is 312 g/mol. The van der Waals surface area contributed by atoms with Crippen LogP contribution < -0.4 is 10.4 Å². The Kier molecular flexibility index (Phi) is 2.73. The van der Waals surface area contributed by atoms with Gasteiger partial charge in [0.1, 0.15) is 16.9 Å². The van der Waals surface area contributed by atoms with E-state index in [1.54, 1.807) is 18.2 Å². The summed E-state index contributed by atoms with van der Waals surface area (Å²) in [6.45, 7) is 3.79. The van der Waals surface area contributed by atoms with Gasteiger partial charge in [-0.2, -0.15) is 0 Å². The maximum absolute atomic E-state index is 11.2. The van der Waals surface area contributed by atoms with Crippen molar-refractivity contribution >= 4 is 26.9 Å². The van der Waals surface area contributed by atoms with Gasteiger partial charge in [0.25, 0.3) is 0 Å². The van der Waals surface area contributed by atoms with Crippen molar-refractivity contribution < 1.29 is 14.3 Å². The van der Waals surface area contributed by atoms with Gasteiger partial charge >= 0.3 is 5.63 Å². The molecule has 4 nitrogen and oxygen atoms in total. The summed E-state index contributed by atoms with van der Waals surface area (Å²) in [5.41, 5.74) is 0.209. The molecule has 2 heterocycles. The third-order valence-electron chi connectivity index (χ3n) is 3.38. The Labute approximate surface area is 118 Å². The van der Waals surface area contributed by atoms with Crippen LogP contribution in [0.4, 0.5) is 0 Å². The summed E-state index contributed by atoms with van der Waals surface area (Å²) in [5.74, 6) is 0.551. The molecule has 0 radical (unpaired) electrons. The minimum Gasteiger partial charge on any atom is -0.486 e. The Hall–Kier alpha value is -1.33. The average Bonchev–Trinajstić information content (AvgIpc) is 2.34. The summed E-state index contributed by atoms with van der Waals surface area (Å²) in [6.07, 6.45) is -0.671. The van der Waals surface area contributed by atoms with E-state index >= 15 is 0 Å². The van der Waals surface area contributed by atoms with Crippen molar-refractivity contribution in [2.24, 2.45) is 0 Å². The molecule has 0 unspecified atom stereocenters. The highest BCUT2D eigenvalue weighted by molar-refractivity contribution is 9.09. The van der Waals surface area contributed by atoms with Crippen LogP contribution in [0, 0.1) is 0 Å². The maximum Gasteiger partial charge on any atom is 0.336 e. The lowest BCUT2D eigenvalue weighted by Crippen LogP contribution is -2.45. The van der Waals surface area contributed by atoms with E-state index < -0.39 is 17.3 Å². The first-order valence-electron chi connectivity index (χ1n) is 5.97. The fraction of sp³-hybridized carbons (Fsp3) is 0.357. The quantitative estimate of drug-likeness (QED) is 0.598. The first kappa shape index (κ1) is 12.7. The molecule has 0 aliphatic carbocycles. The average molecular weight is 325 g/mol. The van der Waals surface area contributed by atoms with Gasteiger partial charge in [-0.25, -0.2) is 4.79 Å². The van der Waals surface area contributed by atoms with E-state index in [0.717, 1.165) is 5.39 Å². The number of halogens is 1. The number of alkyl halides is 1. The predicted octanol–water partition coefficient (Wildman–Crippen LogP) is 2.76. The summed E-state index contributed by atoms with van der Waals surface area (Å²) >= 11 is 3.47. The Morgan fingerprint density at radius 3 is 2.79 bits per heavy atom. The lowest BCUT2D eigenvalue weighted by molar-refractivity contribution is 0.0227. The summed E-state index contributed by atoms with van der Waals surface area (Å²) in [7, 11) is 0. The van der Waals surface area contributed by atoms with Gasteiger partial charge in [0, 0.05) is 23.1 Å². The molecule has 0 spiro atoms. The standard InChI is InChI=1S/C14H13BrO4/c1-14(2)13(15)12(17)8-5-7-3-4-11(16)18-9(7)6-10(8)19-14/h3-6,12-13,17H,1-2H3/t12-,13+/m1/s1. The van der Waals surface area contributed by atoms with Crippen molar-refractivity contribution in [2.45, 2.75) is 30.4 Å². The van der Waals surface area contributed by atoms with E-state index in [1.807, 2.05) is 13.8 Å². The smallest absolute Gasteiger partial charge is 0.336 e. The first-order valence-corrected chi connectivity index (χ1v) is 6.89. The van der Waals surface area contributed by atoms with Crippen LogP contribution in [0.3, 0.4) is 0 Å². The summed E-state index contributed by atoms with van der Waals surface area (Å²) < 4.78 is 11.0. The number of ether oxygens (including phenoxy) is 1. The number of hydrogen-bond acceptors (Lipinski definition) is 4.